The molecular weight excluding hydrogens is 456 g/mol. The lowest BCUT2D eigenvalue weighted by Crippen LogP contribution is -2.47. The monoisotopic (exact) mass is 475 g/mol. The predicted octanol–water partition coefficient (Wildman–Crippen LogP) is 4.05. The Hall–Kier alpha value is -3.12. The number of carbonyl (C=O) groups is 2. The molecule has 3 heterocycles. The molecule has 1 saturated heterocycles. The van der Waals surface area contributed by atoms with Crippen molar-refractivity contribution in [3.63, 3.8) is 0 Å². The minimum absolute atomic E-state index is 0.202. The van der Waals surface area contributed by atoms with Crippen LogP contribution in [0.5, 0.6) is 0 Å². The van der Waals surface area contributed by atoms with Gasteiger partial charge in [0, 0.05) is 18.7 Å². The van der Waals surface area contributed by atoms with E-state index in [4.69, 9.17) is 0 Å². The highest BCUT2D eigenvalue weighted by molar-refractivity contribution is 6.05. The summed E-state index contributed by atoms with van der Waals surface area (Å²) in [6.07, 6.45) is -5.58. The molecular formula is C20H19F6N5O2. The molecule has 3 atom stereocenters. The maximum Gasteiger partial charge on any atom is 0.433 e. The van der Waals surface area contributed by atoms with E-state index in [-0.39, 0.29) is 11.8 Å². The Morgan fingerprint density at radius 1 is 1.06 bits per heavy atom. The number of nitrogens with zero attached hydrogens (tertiary/aromatic N) is 3. The van der Waals surface area contributed by atoms with E-state index in [0.717, 1.165) is 17.1 Å². The minimum atomic E-state index is -4.96. The summed E-state index contributed by atoms with van der Waals surface area (Å²) in [7, 11) is 0. The molecule has 4 rings (SSSR count). The highest BCUT2D eigenvalue weighted by atomic mass is 19.4. The van der Waals surface area contributed by atoms with Gasteiger partial charge in [-0.3, -0.25) is 19.3 Å². The SMILES string of the molecule is O=C(Nc1cncc(C(F)(F)F)c1)c1cnn(C2CCCC3C(=O)NCCC32)c1C(F)(F)F. The molecule has 2 aliphatic rings. The van der Waals surface area contributed by atoms with E-state index < -0.39 is 52.7 Å². The van der Waals surface area contributed by atoms with Gasteiger partial charge in [0.15, 0.2) is 5.69 Å². The molecule has 2 aromatic heterocycles. The standard InChI is InChI=1S/C20H19F6N5O2/c21-19(22,23)10-6-11(8-27-7-10)30-18(33)14-9-29-31(16(14)20(24,25)26)15-3-1-2-13-12(15)4-5-28-17(13)32/h6-9,12-13,15H,1-5H2,(H,28,32)(H,30,33). The van der Waals surface area contributed by atoms with Crippen LogP contribution in [0.3, 0.4) is 0 Å². The molecule has 2 fully saturated rings. The number of fused-ring (bicyclic) bond motifs is 1. The molecule has 1 aliphatic carbocycles. The zero-order valence-electron chi connectivity index (χ0n) is 17.0. The van der Waals surface area contributed by atoms with Crippen LogP contribution in [0, 0.1) is 11.8 Å². The second-order valence-electron chi connectivity index (χ2n) is 8.11. The van der Waals surface area contributed by atoms with Crippen molar-refractivity contribution < 1.29 is 35.9 Å². The summed E-state index contributed by atoms with van der Waals surface area (Å²) in [5, 5.41) is 8.62. The topological polar surface area (TPSA) is 88.9 Å². The maximum absolute atomic E-state index is 14.0. The number of amides is 2. The van der Waals surface area contributed by atoms with Gasteiger partial charge in [-0.1, -0.05) is 6.42 Å². The van der Waals surface area contributed by atoms with E-state index in [9.17, 15) is 35.9 Å². The fraction of sp³-hybridized carbons (Fsp3) is 0.500. The van der Waals surface area contributed by atoms with Gasteiger partial charge in [-0.05, 0) is 31.2 Å². The Bertz CT molecular complexity index is 1060. The van der Waals surface area contributed by atoms with Gasteiger partial charge in [0.25, 0.3) is 5.91 Å². The molecule has 33 heavy (non-hydrogen) atoms. The molecule has 0 bridgehead atoms. The molecule has 3 unspecified atom stereocenters. The molecule has 178 valence electrons. The number of rotatable bonds is 3. The molecule has 2 aromatic rings. The molecule has 0 aromatic carbocycles. The summed E-state index contributed by atoms with van der Waals surface area (Å²) in [6.45, 7) is 0.342. The minimum Gasteiger partial charge on any atom is -0.356 e. The Balaban J connectivity index is 1.67. The van der Waals surface area contributed by atoms with Gasteiger partial charge in [-0.15, -0.1) is 0 Å². The lowest BCUT2D eigenvalue weighted by molar-refractivity contribution is -0.147. The molecule has 13 heteroatoms. The Morgan fingerprint density at radius 2 is 1.82 bits per heavy atom. The van der Waals surface area contributed by atoms with Crippen LogP contribution in [0.15, 0.2) is 24.7 Å². The van der Waals surface area contributed by atoms with Gasteiger partial charge in [0.1, 0.15) is 0 Å². The third-order valence-electron chi connectivity index (χ3n) is 6.09. The van der Waals surface area contributed by atoms with Gasteiger partial charge < -0.3 is 10.6 Å². The molecule has 1 saturated carbocycles. The summed E-state index contributed by atoms with van der Waals surface area (Å²) in [4.78, 5) is 28.2. The molecule has 2 amide bonds. The van der Waals surface area contributed by atoms with Crippen LogP contribution in [0.1, 0.15) is 53.3 Å². The molecule has 0 radical (unpaired) electrons. The predicted molar refractivity (Wildman–Crippen MR) is 102 cm³/mol. The second-order valence-corrected chi connectivity index (χ2v) is 8.11. The second kappa shape index (κ2) is 8.34. The van der Waals surface area contributed by atoms with Gasteiger partial charge in [0.05, 0.1) is 35.2 Å². The van der Waals surface area contributed by atoms with Crippen molar-refractivity contribution in [1.29, 1.82) is 0 Å². The number of anilines is 1. The van der Waals surface area contributed by atoms with Crippen molar-refractivity contribution >= 4 is 17.5 Å². The molecule has 1 aliphatic heterocycles. The van der Waals surface area contributed by atoms with Crippen molar-refractivity contribution in [3.8, 4) is 0 Å². The summed E-state index contributed by atoms with van der Waals surface area (Å²) >= 11 is 0. The van der Waals surface area contributed by atoms with E-state index in [1.165, 1.54) is 0 Å². The van der Waals surface area contributed by atoms with E-state index in [1.807, 2.05) is 5.32 Å². The quantitative estimate of drug-likeness (QED) is 0.656. The highest BCUT2D eigenvalue weighted by Crippen LogP contribution is 2.44. The number of piperidine rings is 1. The first kappa shape index (κ1) is 23.1. The number of carbonyl (C=O) groups excluding carboxylic acids is 2. The summed E-state index contributed by atoms with van der Waals surface area (Å²) in [5.74, 6) is -2.26. The van der Waals surface area contributed by atoms with Crippen molar-refractivity contribution in [2.45, 2.75) is 44.1 Å². The smallest absolute Gasteiger partial charge is 0.356 e. The van der Waals surface area contributed by atoms with Gasteiger partial charge in [0.2, 0.25) is 5.91 Å². The average molecular weight is 475 g/mol. The third kappa shape index (κ3) is 4.53. The van der Waals surface area contributed by atoms with Crippen molar-refractivity contribution in [1.82, 2.24) is 20.1 Å². The van der Waals surface area contributed by atoms with Crippen LogP contribution < -0.4 is 10.6 Å². The van der Waals surface area contributed by atoms with Crippen LogP contribution in [0.25, 0.3) is 0 Å². The van der Waals surface area contributed by atoms with Crippen LogP contribution in [0.4, 0.5) is 32.0 Å². The lowest BCUT2D eigenvalue weighted by atomic mass is 9.72. The Labute approximate surface area is 183 Å². The fourth-order valence-electron chi connectivity index (χ4n) is 4.68. The van der Waals surface area contributed by atoms with Crippen molar-refractivity contribution in [3.05, 3.63) is 41.5 Å². The van der Waals surface area contributed by atoms with Gasteiger partial charge >= 0.3 is 12.4 Å². The average Bonchev–Trinajstić information content (AvgIpc) is 3.19. The van der Waals surface area contributed by atoms with Crippen molar-refractivity contribution in [2.24, 2.45) is 11.8 Å². The Kier molecular flexibility index (Phi) is 5.83. The summed E-state index contributed by atoms with van der Waals surface area (Å²) in [6, 6.07) is -0.155. The summed E-state index contributed by atoms with van der Waals surface area (Å²) < 4.78 is 81.5. The number of hydrogen-bond donors (Lipinski definition) is 2. The van der Waals surface area contributed by atoms with E-state index >= 15 is 0 Å². The zero-order chi connectivity index (χ0) is 24.0. The number of halogens is 6. The first-order valence-electron chi connectivity index (χ1n) is 10.2. The number of aromatic nitrogens is 3. The Morgan fingerprint density at radius 3 is 2.52 bits per heavy atom. The van der Waals surface area contributed by atoms with E-state index in [1.54, 1.807) is 0 Å². The van der Waals surface area contributed by atoms with Crippen LogP contribution >= 0.6 is 0 Å². The normalized spacial score (nSPS) is 23.6. The fourth-order valence-corrected chi connectivity index (χ4v) is 4.68. The number of alkyl halides is 6. The van der Waals surface area contributed by atoms with Gasteiger partial charge in [-0.2, -0.15) is 31.4 Å². The third-order valence-corrected chi connectivity index (χ3v) is 6.09. The highest BCUT2D eigenvalue weighted by Gasteiger charge is 2.46. The first-order chi connectivity index (χ1) is 15.5. The summed E-state index contributed by atoms with van der Waals surface area (Å²) in [5.41, 5.74) is -3.67. The first-order valence-corrected chi connectivity index (χ1v) is 10.2. The molecule has 2 N–H and O–H groups in total. The van der Waals surface area contributed by atoms with Gasteiger partial charge in [-0.25, -0.2) is 0 Å². The molecule has 7 nitrogen and oxygen atoms in total. The lowest BCUT2D eigenvalue weighted by Gasteiger charge is -2.41. The molecule has 0 spiro atoms. The van der Waals surface area contributed by atoms with Crippen LogP contribution in [-0.2, 0) is 17.1 Å². The van der Waals surface area contributed by atoms with E-state index in [0.29, 0.717) is 44.5 Å². The number of nitrogens with one attached hydrogen (secondary N) is 2. The number of hydrogen-bond acceptors (Lipinski definition) is 4. The van der Waals surface area contributed by atoms with Crippen LogP contribution in [0.2, 0.25) is 0 Å². The van der Waals surface area contributed by atoms with Crippen molar-refractivity contribution in [2.75, 3.05) is 11.9 Å². The van der Waals surface area contributed by atoms with E-state index in [2.05, 4.69) is 15.4 Å². The maximum atomic E-state index is 14.0. The van der Waals surface area contributed by atoms with Crippen LogP contribution in [-0.4, -0.2) is 33.1 Å². The largest absolute Gasteiger partial charge is 0.433 e. The zero-order valence-corrected chi connectivity index (χ0v) is 17.0. The number of pyridine rings is 1.